The fourth-order valence-corrected chi connectivity index (χ4v) is 5.08. The number of hydrogen-bond donors (Lipinski definition) is 0. The fraction of sp³-hybridized carbons (Fsp3) is 0.344. The van der Waals surface area contributed by atoms with Crippen molar-refractivity contribution in [1.82, 2.24) is 34.2 Å². The molecule has 0 unspecified atom stereocenters. The summed E-state index contributed by atoms with van der Waals surface area (Å²) in [5.74, 6) is 0.983. The Bertz CT molecular complexity index is 1640. The average Bonchev–Trinajstić information content (AvgIpc) is 3.82. The number of nitrogens with zero attached hydrogens (tertiary/aromatic N) is 7. The lowest BCUT2D eigenvalue weighted by Crippen LogP contribution is -2.21. The van der Waals surface area contributed by atoms with Gasteiger partial charge in [-0.2, -0.15) is 15.1 Å². The van der Waals surface area contributed by atoms with Crippen LogP contribution in [0.2, 0.25) is 0 Å². The van der Waals surface area contributed by atoms with E-state index in [1.807, 2.05) is 47.0 Å². The second-order valence-electron chi connectivity index (χ2n) is 10.4. The maximum absolute atomic E-state index is 12.2. The number of aromatic nitrogens is 6. The number of likely N-dealkylation sites (tertiary alicyclic amines) is 1. The third-order valence-electron chi connectivity index (χ3n) is 7.30. The summed E-state index contributed by atoms with van der Waals surface area (Å²) in [7, 11) is 0. The molecule has 0 bridgehead atoms. The van der Waals surface area contributed by atoms with Crippen molar-refractivity contribution in [2.75, 3.05) is 32.8 Å². The summed E-state index contributed by atoms with van der Waals surface area (Å²) in [6, 6.07) is 17.9. The van der Waals surface area contributed by atoms with Crippen molar-refractivity contribution in [3.63, 3.8) is 0 Å². The first kappa shape index (κ1) is 28.4. The van der Waals surface area contributed by atoms with Crippen LogP contribution in [0.4, 0.5) is 0 Å². The minimum atomic E-state index is -0.459. The third-order valence-corrected chi connectivity index (χ3v) is 7.30. The Morgan fingerprint density at radius 2 is 1.77 bits per heavy atom. The minimum Gasteiger partial charge on any atom is -0.494 e. The van der Waals surface area contributed by atoms with Crippen LogP contribution in [-0.2, 0) is 17.9 Å². The molecule has 1 saturated heterocycles. The largest absolute Gasteiger partial charge is 0.494 e. The summed E-state index contributed by atoms with van der Waals surface area (Å²) >= 11 is 0. The molecule has 43 heavy (non-hydrogen) atoms. The zero-order valence-electron chi connectivity index (χ0n) is 24.3. The molecule has 6 rings (SSSR count). The lowest BCUT2D eigenvalue weighted by Gasteiger charge is -2.14. The third kappa shape index (κ3) is 7.00. The van der Waals surface area contributed by atoms with E-state index in [-0.39, 0.29) is 12.6 Å². The lowest BCUT2D eigenvalue weighted by molar-refractivity contribution is 0.0526. The highest BCUT2D eigenvalue weighted by Gasteiger charge is 2.18. The maximum atomic E-state index is 12.2. The molecule has 11 nitrogen and oxygen atoms in total. The molecular formula is C32H35N7O4. The second kappa shape index (κ2) is 13.5. The molecule has 0 amide bonds. The molecule has 0 atom stereocenters. The van der Waals surface area contributed by atoms with Crippen molar-refractivity contribution in [1.29, 1.82) is 0 Å². The quantitative estimate of drug-likeness (QED) is 0.145. The van der Waals surface area contributed by atoms with Gasteiger partial charge in [-0.15, -0.1) is 0 Å². The Balaban J connectivity index is 1.21. The van der Waals surface area contributed by atoms with Crippen LogP contribution in [0.15, 0.2) is 73.3 Å². The first-order valence-corrected chi connectivity index (χ1v) is 14.7. The molecule has 11 heteroatoms. The molecule has 5 aromatic rings. The van der Waals surface area contributed by atoms with Crippen LogP contribution in [0.25, 0.3) is 17.1 Å². The SMILES string of the molecule is CCOC(=O)c1cnn(-c2nc(OCc3ccccc3)c3ncn(Cc4ccc(OCCCN5CCCC5)cc4)c3n2)c1. The highest BCUT2D eigenvalue weighted by Crippen LogP contribution is 2.25. The Morgan fingerprint density at radius 1 is 0.953 bits per heavy atom. The van der Waals surface area contributed by atoms with E-state index in [1.165, 1.54) is 36.8 Å². The summed E-state index contributed by atoms with van der Waals surface area (Å²) in [6.07, 6.45) is 8.35. The number of imidazole rings is 1. The van der Waals surface area contributed by atoms with Crippen molar-refractivity contribution < 1.29 is 19.0 Å². The van der Waals surface area contributed by atoms with Crippen molar-refractivity contribution in [3.8, 4) is 17.6 Å². The van der Waals surface area contributed by atoms with Gasteiger partial charge in [0, 0.05) is 12.7 Å². The Labute approximate surface area is 250 Å². The zero-order chi connectivity index (χ0) is 29.4. The van der Waals surface area contributed by atoms with Crippen LogP contribution in [0, 0.1) is 0 Å². The van der Waals surface area contributed by atoms with E-state index < -0.39 is 5.97 Å². The number of esters is 1. The van der Waals surface area contributed by atoms with Gasteiger partial charge in [0.2, 0.25) is 5.88 Å². The first-order valence-electron chi connectivity index (χ1n) is 14.7. The van der Waals surface area contributed by atoms with Gasteiger partial charge in [-0.25, -0.2) is 14.5 Å². The molecule has 4 heterocycles. The van der Waals surface area contributed by atoms with Crippen LogP contribution in [0.5, 0.6) is 11.6 Å². The number of fused-ring (bicyclic) bond motifs is 1. The van der Waals surface area contributed by atoms with Gasteiger partial charge < -0.3 is 23.7 Å². The first-order chi connectivity index (χ1) is 21.2. The van der Waals surface area contributed by atoms with E-state index in [0.717, 1.165) is 29.8 Å². The van der Waals surface area contributed by atoms with Gasteiger partial charge in [0.15, 0.2) is 11.2 Å². The number of carbonyl (C=O) groups excluding carboxylic acids is 1. The predicted molar refractivity (Wildman–Crippen MR) is 161 cm³/mol. The predicted octanol–water partition coefficient (Wildman–Crippen LogP) is 4.68. The number of rotatable bonds is 13. The van der Waals surface area contributed by atoms with Gasteiger partial charge in [0.25, 0.3) is 5.95 Å². The van der Waals surface area contributed by atoms with Crippen molar-refractivity contribution in [3.05, 3.63) is 90.0 Å². The summed E-state index contributed by atoms with van der Waals surface area (Å²) in [6.45, 7) is 7.10. The lowest BCUT2D eigenvalue weighted by atomic mass is 10.2. The van der Waals surface area contributed by atoms with Gasteiger partial charge in [-0.05, 0) is 62.5 Å². The van der Waals surface area contributed by atoms with Gasteiger partial charge in [-0.1, -0.05) is 42.5 Å². The molecule has 0 spiro atoms. The standard InChI is InChI=1S/C32H35N7O4/c1-2-41-31(40)26-19-34-39(21-26)32-35-29-28(30(36-32)43-22-25-9-4-3-5-10-25)33-23-38(29)20-24-11-13-27(14-12-24)42-18-8-17-37-15-6-7-16-37/h3-5,9-14,19,21,23H,2,6-8,15-18,20,22H2,1H3. The molecule has 3 aromatic heterocycles. The molecule has 0 N–H and O–H groups in total. The summed E-state index contributed by atoms with van der Waals surface area (Å²) in [5, 5.41) is 4.31. The molecule has 1 aliphatic heterocycles. The van der Waals surface area contributed by atoms with Crippen molar-refractivity contribution in [2.24, 2.45) is 0 Å². The van der Waals surface area contributed by atoms with Crippen LogP contribution in [-0.4, -0.2) is 73.0 Å². The monoisotopic (exact) mass is 581 g/mol. The summed E-state index contributed by atoms with van der Waals surface area (Å²) in [5.41, 5.74) is 3.50. The summed E-state index contributed by atoms with van der Waals surface area (Å²) in [4.78, 5) is 28.7. The molecule has 0 saturated carbocycles. The Morgan fingerprint density at radius 3 is 2.56 bits per heavy atom. The van der Waals surface area contributed by atoms with E-state index in [1.54, 1.807) is 19.4 Å². The van der Waals surface area contributed by atoms with Gasteiger partial charge >= 0.3 is 5.97 Å². The van der Waals surface area contributed by atoms with E-state index in [9.17, 15) is 4.79 Å². The minimum absolute atomic E-state index is 0.255. The smallest absolute Gasteiger partial charge is 0.341 e. The molecule has 0 radical (unpaired) electrons. The molecule has 1 fully saturated rings. The Kier molecular flexibility index (Phi) is 8.88. The van der Waals surface area contributed by atoms with Crippen LogP contribution in [0.1, 0.15) is 47.7 Å². The van der Waals surface area contributed by atoms with Crippen molar-refractivity contribution in [2.45, 2.75) is 39.3 Å². The number of carbonyl (C=O) groups is 1. The zero-order valence-corrected chi connectivity index (χ0v) is 24.3. The second-order valence-corrected chi connectivity index (χ2v) is 10.4. The van der Waals surface area contributed by atoms with Gasteiger partial charge in [-0.3, -0.25) is 0 Å². The van der Waals surface area contributed by atoms with Crippen molar-refractivity contribution >= 4 is 17.1 Å². The number of hydrogen-bond acceptors (Lipinski definition) is 9. The van der Waals surface area contributed by atoms with E-state index >= 15 is 0 Å². The highest BCUT2D eigenvalue weighted by molar-refractivity contribution is 5.88. The van der Waals surface area contributed by atoms with Crippen LogP contribution in [0.3, 0.4) is 0 Å². The van der Waals surface area contributed by atoms with E-state index in [2.05, 4.69) is 32.1 Å². The highest BCUT2D eigenvalue weighted by atomic mass is 16.5. The van der Waals surface area contributed by atoms with Crippen LogP contribution < -0.4 is 9.47 Å². The number of ether oxygens (including phenoxy) is 3. The van der Waals surface area contributed by atoms with Crippen LogP contribution >= 0.6 is 0 Å². The topological polar surface area (TPSA) is 109 Å². The average molecular weight is 582 g/mol. The summed E-state index contributed by atoms with van der Waals surface area (Å²) < 4.78 is 20.6. The fourth-order valence-electron chi connectivity index (χ4n) is 5.08. The van der Waals surface area contributed by atoms with E-state index in [4.69, 9.17) is 19.2 Å². The van der Waals surface area contributed by atoms with Gasteiger partial charge in [0.1, 0.15) is 12.4 Å². The molecule has 1 aliphatic rings. The molecule has 0 aliphatic carbocycles. The molecular weight excluding hydrogens is 546 g/mol. The van der Waals surface area contributed by atoms with E-state index in [0.29, 0.717) is 42.4 Å². The number of benzene rings is 2. The van der Waals surface area contributed by atoms with Gasteiger partial charge in [0.05, 0.1) is 37.8 Å². The molecule has 2 aromatic carbocycles. The molecule has 222 valence electrons. The Hall–Kier alpha value is -4.77. The maximum Gasteiger partial charge on any atom is 0.341 e. The normalized spacial score (nSPS) is 13.4.